The van der Waals surface area contributed by atoms with Crippen LogP contribution in [0.3, 0.4) is 0 Å². The van der Waals surface area contributed by atoms with Gasteiger partial charge in [0.05, 0.1) is 24.2 Å². The summed E-state index contributed by atoms with van der Waals surface area (Å²) in [5, 5.41) is 0. The van der Waals surface area contributed by atoms with Gasteiger partial charge in [0.2, 0.25) is 0 Å². The molecule has 0 aromatic heterocycles. The molecule has 0 bridgehead atoms. The lowest BCUT2D eigenvalue weighted by Crippen LogP contribution is -2.38. The van der Waals surface area contributed by atoms with Crippen molar-refractivity contribution in [3.05, 3.63) is 48.0 Å². The molecule has 0 spiro atoms. The van der Waals surface area contributed by atoms with Gasteiger partial charge in [-0.1, -0.05) is 6.92 Å². The molecule has 0 atom stereocenters. The number of amides is 1. The topological polar surface area (TPSA) is 84.9 Å². The zero-order chi connectivity index (χ0) is 21.7. The fraction of sp³-hybridized carbons (Fsp3) is 0.409. The molecule has 1 fully saturated rings. The molecule has 1 saturated heterocycles. The van der Waals surface area contributed by atoms with Crippen molar-refractivity contribution < 1.29 is 22.7 Å². The first-order valence-electron chi connectivity index (χ1n) is 10.1. The number of nitrogens with one attached hydrogen (secondary N) is 1. The summed E-state index contributed by atoms with van der Waals surface area (Å²) in [6, 6.07) is 11.0. The highest BCUT2D eigenvalue weighted by molar-refractivity contribution is 7.92. The number of methoxy groups -OCH3 is 1. The molecule has 8 heteroatoms. The van der Waals surface area contributed by atoms with Gasteiger partial charge in [-0.25, -0.2) is 8.42 Å². The van der Waals surface area contributed by atoms with E-state index in [2.05, 4.69) is 11.6 Å². The van der Waals surface area contributed by atoms with Crippen molar-refractivity contribution in [2.75, 3.05) is 31.5 Å². The number of nitrogens with zero attached hydrogens (tertiary/aromatic N) is 1. The van der Waals surface area contributed by atoms with E-state index in [1.807, 2.05) is 6.92 Å². The molecule has 2 aromatic carbocycles. The van der Waals surface area contributed by atoms with Crippen LogP contribution in [-0.2, 0) is 10.0 Å². The lowest BCUT2D eigenvalue weighted by Gasteiger charge is -2.30. The first-order chi connectivity index (χ1) is 14.3. The number of piperidine rings is 1. The average Bonchev–Trinajstić information content (AvgIpc) is 2.74. The third kappa shape index (κ3) is 5.05. The second-order valence-corrected chi connectivity index (χ2v) is 9.08. The lowest BCUT2D eigenvalue weighted by molar-refractivity contribution is 0.0693. The first kappa shape index (κ1) is 22.0. The zero-order valence-electron chi connectivity index (χ0n) is 17.6. The van der Waals surface area contributed by atoms with Crippen LogP contribution in [0.5, 0.6) is 11.5 Å². The number of hydrogen-bond acceptors (Lipinski definition) is 5. The Bertz CT molecular complexity index is 981. The van der Waals surface area contributed by atoms with Crippen LogP contribution in [0.4, 0.5) is 5.69 Å². The van der Waals surface area contributed by atoms with Crippen LogP contribution in [-0.4, -0.2) is 46.0 Å². The smallest absolute Gasteiger partial charge is 0.261 e. The van der Waals surface area contributed by atoms with Crippen molar-refractivity contribution in [3.63, 3.8) is 0 Å². The Morgan fingerprint density at radius 2 is 1.80 bits per heavy atom. The monoisotopic (exact) mass is 432 g/mol. The zero-order valence-corrected chi connectivity index (χ0v) is 18.4. The standard InChI is InChI=1S/C22H28N2O5S/c1-4-29-18-7-5-17(6-8-18)23-30(26,27)19-9-10-21(28-3)20(15-19)22(25)24-13-11-16(2)12-14-24/h5-10,15-16,23H,4,11-14H2,1-3H3. The van der Waals surface area contributed by atoms with E-state index in [4.69, 9.17) is 9.47 Å². The van der Waals surface area contributed by atoms with Crippen LogP contribution in [0.25, 0.3) is 0 Å². The largest absolute Gasteiger partial charge is 0.496 e. The fourth-order valence-electron chi connectivity index (χ4n) is 3.40. The number of sulfonamides is 1. The molecule has 0 radical (unpaired) electrons. The van der Waals surface area contributed by atoms with Gasteiger partial charge in [-0.2, -0.15) is 0 Å². The maximum atomic E-state index is 13.0. The van der Waals surface area contributed by atoms with Gasteiger partial charge in [0, 0.05) is 18.8 Å². The van der Waals surface area contributed by atoms with Crippen molar-refractivity contribution in [2.24, 2.45) is 5.92 Å². The quantitative estimate of drug-likeness (QED) is 0.720. The molecule has 0 aliphatic carbocycles. The summed E-state index contributed by atoms with van der Waals surface area (Å²) in [7, 11) is -2.41. The van der Waals surface area contributed by atoms with E-state index in [0.717, 1.165) is 12.8 Å². The Morgan fingerprint density at radius 1 is 1.13 bits per heavy atom. The van der Waals surface area contributed by atoms with Gasteiger partial charge in [0.1, 0.15) is 11.5 Å². The molecular formula is C22H28N2O5S. The van der Waals surface area contributed by atoms with Crippen LogP contribution in [0.1, 0.15) is 37.0 Å². The minimum Gasteiger partial charge on any atom is -0.496 e. The number of ether oxygens (including phenoxy) is 2. The summed E-state index contributed by atoms with van der Waals surface area (Å²) in [6.07, 6.45) is 1.87. The van der Waals surface area contributed by atoms with Crippen molar-refractivity contribution in [1.29, 1.82) is 0 Å². The Labute approximate surface area is 178 Å². The molecule has 2 aromatic rings. The molecule has 7 nitrogen and oxygen atoms in total. The summed E-state index contributed by atoms with van der Waals surface area (Å²) in [5.74, 6) is 1.39. The molecule has 1 N–H and O–H groups in total. The van der Waals surface area contributed by atoms with E-state index in [-0.39, 0.29) is 16.4 Å². The van der Waals surface area contributed by atoms with Crippen LogP contribution in [0, 0.1) is 5.92 Å². The number of hydrogen-bond donors (Lipinski definition) is 1. The highest BCUT2D eigenvalue weighted by Gasteiger charge is 2.26. The van der Waals surface area contributed by atoms with Gasteiger partial charge >= 0.3 is 0 Å². The fourth-order valence-corrected chi connectivity index (χ4v) is 4.49. The number of likely N-dealkylation sites (tertiary alicyclic amines) is 1. The molecule has 1 aliphatic heterocycles. The number of carbonyl (C=O) groups excluding carboxylic acids is 1. The second kappa shape index (κ2) is 9.38. The molecule has 162 valence electrons. The molecular weight excluding hydrogens is 404 g/mol. The number of benzene rings is 2. The molecule has 1 amide bonds. The van der Waals surface area contributed by atoms with Gasteiger partial charge < -0.3 is 14.4 Å². The number of carbonyl (C=O) groups is 1. The molecule has 0 unspecified atom stereocenters. The normalized spacial score (nSPS) is 15.0. The third-order valence-electron chi connectivity index (χ3n) is 5.20. The SMILES string of the molecule is CCOc1ccc(NS(=O)(=O)c2ccc(OC)c(C(=O)N3CCC(C)CC3)c2)cc1. The second-order valence-electron chi connectivity index (χ2n) is 7.40. The van der Waals surface area contributed by atoms with E-state index in [1.54, 1.807) is 29.2 Å². The molecule has 3 rings (SSSR count). The molecule has 30 heavy (non-hydrogen) atoms. The van der Waals surface area contributed by atoms with Crippen LogP contribution < -0.4 is 14.2 Å². The Morgan fingerprint density at radius 3 is 2.40 bits per heavy atom. The minimum atomic E-state index is -3.88. The van der Waals surface area contributed by atoms with E-state index in [9.17, 15) is 13.2 Å². The van der Waals surface area contributed by atoms with E-state index in [1.165, 1.54) is 25.3 Å². The van der Waals surface area contributed by atoms with Crippen molar-refractivity contribution >= 4 is 21.6 Å². The molecule has 0 saturated carbocycles. The number of rotatable bonds is 7. The van der Waals surface area contributed by atoms with E-state index < -0.39 is 10.0 Å². The van der Waals surface area contributed by atoms with Gasteiger partial charge in [-0.15, -0.1) is 0 Å². The van der Waals surface area contributed by atoms with Crippen molar-refractivity contribution in [3.8, 4) is 11.5 Å². The predicted molar refractivity (Wildman–Crippen MR) is 116 cm³/mol. The van der Waals surface area contributed by atoms with Crippen LogP contribution in [0.2, 0.25) is 0 Å². The maximum Gasteiger partial charge on any atom is 0.261 e. The molecule has 1 aliphatic rings. The summed E-state index contributed by atoms with van der Waals surface area (Å²) in [5.41, 5.74) is 0.661. The highest BCUT2D eigenvalue weighted by atomic mass is 32.2. The highest BCUT2D eigenvalue weighted by Crippen LogP contribution is 2.27. The van der Waals surface area contributed by atoms with Gasteiger partial charge in [0.25, 0.3) is 15.9 Å². The summed E-state index contributed by atoms with van der Waals surface area (Å²) >= 11 is 0. The van der Waals surface area contributed by atoms with E-state index >= 15 is 0 Å². The first-order valence-corrected chi connectivity index (χ1v) is 11.6. The van der Waals surface area contributed by atoms with Crippen molar-refractivity contribution in [1.82, 2.24) is 4.90 Å². The number of anilines is 1. The third-order valence-corrected chi connectivity index (χ3v) is 6.58. The predicted octanol–water partition coefficient (Wildman–Crippen LogP) is 3.77. The Balaban J connectivity index is 1.84. The summed E-state index contributed by atoms with van der Waals surface area (Å²) in [6.45, 7) is 5.89. The summed E-state index contributed by atoms with van der Waals surface area (Å²) in [4.78, 5) is 14.8. The Hall–Kier alpha value is -2.74. The van der Waals surface area contributed by atoms with Gasteiger partial charge in [-0.05, 0) is 68.1 Å². The van der Waals surface area contributed by atoms with E-state index in [0.29, 0.717) is 42.8 Å². The Kier molecular flexibility index (Phi) is 6.87. The minimum absolute atomic E-state index is 0.00547. The van der Waals surface area contributed by atoms with Gasteiger partial charge in [-0.3, -0.25) is 9.52 Å². The van der Waals surface area contributed by atoms with Crippen LogP contribution >= 0.6 is 0 Å². The maximum absolute atomic E-state index is 13.0. The average molecular weight is 433 g/mol. The molecule has 1 heterocycles. The lowest BCUT2D eigenvalue weighted by atomic mass is 9.98. The summed E-state index contributed by atoms with van der Waals surface area (Å²) < 4.78 is 39.0. The van der Waals surface area contributed by atoms with Crippen LogP contribution in [0.15, 0.2) is 47.4 Å². The van der Waals surface area contributed by atoms with Gasteiger partial charge in [0.15, 0.2) is 0 Å². The van der Waals surface area contributed by atoms with Crippen molar-refractivity contribution in [2.45, 2.75) is 31.6 Å².